The molecule has 4 saturated carbocycles. The summed E-state index contributed by atoms with van der Waals surface area (Å²) < 4.78 is 0.918. The van der Waals surface area contributed by atoms with Gasteiger partial charge in [0.2, 0.25) is 11.0 Å². The van der Waals surface area contributed by atoms with E-state index in [0.717, 1.165) is 47.1 Å². The first-order valence-electron chi connectivity index (χ1n) is 10.3. The number of amides is 1. The second-order valence-corrected chi connectivity index (χ2v) is 11.4. The molecule has 28 heavy (non-hydrogen) atoms. The number of aryl methyl sites for hydroxylation is 2. The first-order chi connectivity index (χ1) is 13.5. The molecule has 0 atom stereocenters. The standard InChI is InChI=1S/C22H27N3OS2/c1-13-3-4-14(2)18(5-13)12-27-21-25-24-20(28-21)23-19(26)22-9-15-6-16(10-22)8-17(7-15)11-22/h3-5,15-17H,6-12H2,1-2H3,(H,23,24,26). The van der Waals surface area contributed by atoms with Crippen LogP contribution in [-0.2, 0) is 10.5 Å². The van der Waals surface area contributed by atoms with Crippen molar-refractivity contribution in [2.24, 2.45) is 23.2 Å². The Morgan fingerprint density at radius 3 is 2.50 bits per heavy atom. The predicted octanol–water partition coefficient (Wildman–Crippen LogP) is 5.60. The molecule has 0 unspecified atom stereocenters. The highest BCUT2D eigenvalue weighted by molar-refractivity contribution is 8.00. The van der Waals surface area contributed by atoms with E-state index in [2.05, 4.69) is 47.6 Å². The molecule has 6 rings (SSSR count). The fourth-order valence-electron chi connectivity index (χ4n) is 6.03. The van der Waals surface area contributed by atoms with Crippen LogP contribution in [0.3, 0.4) is 0 Å². The smallest absolute Gasteiger partial charge is 0.232 e. The minimum atomic E-state index is -0.133. The molecule has 1 aromatic heterocycles. The molecule has 4 fully saturated rings. The van der Waals surface area contributed by atoms with Gasteiger partial charge in [-0.2, -0.15) is 0 Å². The lowest BCUT2D eigenvalue weighted by molar-refractivity contribution is -0.140. The molecule has 0 saturated heterocycles. The number of hydrogen-bond donors (Lipinski definition) is 1. The number of benzene rings is 1. The van der Waals surface area contributed by atoms with E-state index in [1.54, 1.807) is 11.8 Å². The van der Waals surface area contributed by atoms with E-state index in [9.17, 15) is 4.79 Å². The van der Waals surface area contributed by atoms with Gasteiger partial charge in [0.05, 0.1) is 5.41 Å². The third-order valence-electron chi connectivity index (χ3n) is 7.00. The minimum absolute atomic E-state index is 0.133. The summed E-state index contributed by atoms with van der Waals surface area (Å²) in [7, 11) is 0. The Morgan fingerprint density at radius 2 is 1.82 bits per heavy atom. The van der Waals surface area contributed by atoms with E-state index in [-0.39, 0.29) is 11.3 Å². The Balaban J connectivity index is 1.23. The third kappa shape index (κ3) is 3.50. The molecule has 2 aromatic rings. The van der Waals surface area contributed by atoms with Gasteiger partial charge in [-0.1, -0.05) is 46.9 Å². The van der Waals surface area contributed by atoms with Gasteiger partial charge in [-0.25, -0.2) is 0 Å². The van der Waals surface area contributed by atoms with Crippen LogP contribution in [0.4, 0.5) is 5.13 Å². The highest BCUT2D eigenvalue weighted by atomic mass is 32.2. The zero-order valence-electron chi connectivity index (χ0n) is 16.5. The molecule has 148 valence electrons. The fourth-order valence-corrected chi connectivity index (χ4v) is 7.84. The molecule has 4 nitrogen and oxygen atoms in total. The lowest BCUT2D eigenvalue weighted by Crippen LogP contribution is -2.51. The third-order valence-corrected chi connectivity index (χ3v) is 9.02. The van der Waals surface area contributed by atoms with Gasteiger partial charge in [-0.15, -0.1) is 10.2 Å². The fraction of sp³-hybridized carbons (Fsp3) is 0.591. The summed E-state index contributed by atoms with van der Waals surface area (Å²) in [6.45, 7) is 4.27. The van der Waals surface area contributed by atoms with Crippen molar-refractivity contribution in [1.82, 2.24) is 10.2 Å². The lowest BCUT2D eigenvalue weighted by Gasteiger charge is -2.55. The van der Waals surface area contributed by atoms with Crippen molar-refractivity contribution in [2.45, 2.75) is 62.5 Å². The van der Waals surface area contributed by atoms with E-state index in [1.807, 2.05) is 0 Å². The molecule has 4 aliphatic rings. The topological polar surface area (TPSA) is 54.9 Å². The van der Waals surface area contributed by atoms with E-state index < -0.39 is 0 Å². The van der Waals surface area contributed by atoms with Gasteiger partial charge >= 0.3 is 0 Å². The molecule has 1 heterocycles. The summed E-state index contributed by atoms with van der Waals surface area (Å²) in [5.41, 5.74) is 3.78. The SMILES string of the molecule is Cc1ccc(C)c(CSc2nnc(NC(=O)C34CC5CC(CC(C5)C3)C4)s2)c1. The summed E-state index contributed by atoms with van der Waals surface area (Å²) in [4.78, 5) is 13.2. The highest BCUT2D eigenvalue weighted by Crippen LogP contribution is 2.60. The van der Waals surface area contributed by atoms with Crippen LogP contribution in [0.15, 0.2) is 22.5 Å². The predicted molar refractivity (Wildman–Crippen MR) is 115 cm³/mol. The monoisotopic (exact) mass is 413 g/mol. The number of anilines is 1. The Morgan fingerprint density at radius 1 is 1.14 bits per heavy atom. The van der Waals surface area contributed by atoms with E-state index in [0.29, 0.717) is 5.13 Å². The van der Waals surface area contributed by atoms with E-state index in [4.69, 9.17) is 0 Å². The van der Waals surface area contributed by atoms with Gasteiger partial charge < -0.3 is 5.32 Å². The average Bonchev–Trinajstić information content (AvgIpc) is 3.09. The van der Waals surface area contributed by atoms with Crippen LogP contribution in [0.2, 0.25) is 0 Å². The number of thioether (sulfide) groups is 1. The molecule has 6 heteroatoms. The second kappa shape index (κ2) is 7.13. The number of hydrogen-bond acceptors (Lipinski definition) is 5. The van der Waals surface area contributed by atoms with Crippen molar-refractivity contribution in [2.75, 3.05) is 5.32 Å². The van der Waals surface area contributed by atoms with Crippen LogP contribution in [0, 0.1) is 37.0 Å². The van der Waals surface area contributed by atoms with Gasteiger partial charge in [0.15, 0.2) is 4.34 Å². The summed E-state index contributed by atoms with van der Waals surface area (Å²) in [5, 5.41) is 12.3. The van der Waals surface area contributed by atoms with Gasteiger partial charge in [-0.05, 0) is 81.3 Å². The number of carbonyl (C=O) groups is 1. The quantitative estimate of drug-likeness (QED) is 0.512. The van der Waals surface area contributed by atoms with Crippen LogP contribution in [-0.4, -0.2) is 16.1 Å². The van der Waals surface area contributed by atoms with Gasteiger partial charge in [0, 0.05) is 5.75 Å². The summed E-state index contributed by atoms with van der Waals surface area (Å²) in [6, 6.07) is 6.55. The van der Waals surface area contributed by atoms with Crippen LogP contribution >= 0.6 is 23.1 Å². The van der Waals surface area contributed by atoms with Crippen molar-refractivity contribution >= 4 is 34.1 Å². The van der Waals surface area contributed by atoms with Gasteiger partial charge in [-0.3, -0.25) is 4.79 Å². The lowest BCUT2D eigenvalue weighted by atomic mass is 9.49. The number of nitrogens with zero attached hydrogens (tertiary/aromatic N) is 2. The van der Waals surface area contributed by atoms with Crippen molar-refractivity contribution in [3.05, 3.63) is 34.9 Å². The molecule has 1 amide bonds. The molecule has 4 aliphatic carbocycles. The van der Waals surface area contributed by atoms with Gasteiger partial charge in [0.25, 0.3) is 0 Å². The zero-order chi connectivity index (χ0) is 19.3. The molecule has 1 N–H and O–H groups in total. The summed E-state index contributed by atoms with van der Waals surface area (Å²) in [6.07, 6.45) is 7.30. The van der Waals surface area contributed by atoms with E-state index >= 15 is 0 Å². The van der Waals surface area contributed by atoms with Gasteiger partial charge in [0.1, 0.15) is 0 Å². The Hall–Kier alpha value is -1.40. The zero-order valence-corrected chi connectivity index (χ0v) is 18.2. The van der Waals surface area contributed by atoms with Crippen molar-refractivity contribution < 1.29 is 4.79 Å². The maximum Gasteiger partial charge on any atom is 0.232 e. The van der Waals surface area contributed by atoms with E-state index in [1.165, 1.54) is 47.3 Å². The minimum Gasteiger partial charge on any atom is -0.300 e. The summed E-state index contributed by atoms with van der Waals surface area (Å²) >= 11 is 3.20. The largest absolute Gasteiger partial charge is 0.300 e. The first-order valence-corrected chi connectivity index (χ1v) is 12.1. The van der Waals surface area contributed by atoms with Crippen LogP contribution < -0.4 is 5.32 Å². The van der Waals surface area contributed by atoms with Crippen molar-refractivity contribution in [3.8, 4) is 0 Å². The molecular weight excluding hydrogens is 386 g/mol. The van der Waals surface area contributed by atoms with Crippen LogP contribution in [0.25, 0.3) is 0 Å². The van der Waals surface area contributed by atoms with Crippen LogP contribution in [0.5, 0.6) is 0 Å². The normalized spacial score (nSPS) is 30.6. The molecule has 4 bridgehead atoms. The molecule has 0 spiro atoms. The number of aromatic nitrogens is 2. The molecular formula is C22H27N3OS2. The molecule has 0 aliphatic heterocycles. The van der Waals surface area contributed by atoms with Crippen molar-refractivity contribution in [1.29, 1.82) is 0 Å². The first kappa shape index (κ1) is 18.6. The number of carbonyl (C=O) groups excluding carboxylic acids is 1. The van der Waals surface area contributed by atoms with Crippen LogP contribution in [0.1, 0.15) is 55.2 Å². The summed E-state index contributed by atoms with van der Waals surface area (Å²) in [5.74, 6) is 3.40. The Labute approximate surface area is 174 Å². The highest BCUT2D eigenvalue weighted by Gasteiger charge is 2.54. The second-order valence-electron chi connectivity index (χ2n) is 9.24. The Kier molecular flexibility index (Phi) is 4.74. The number of nitrogens with one attached hydrogen (secondary N) is 1. The Bertz CT molecular complexity index is 872. The number of rotatable bonds is 5. The molecule has 0 radical (unpaired) electrons. The maximum atomic E-state index is 13.2. The maximum absolute atomic E-state index is 13.2. The van der Waals surface area contributed by atoms with Crippen molar-refractivity contribution in [3.63, 3.8) is 0 Å². The average molecular weight is 414 g/mol. The molecule has 1 aromatic carbocycles.